The molecule has 0 saturated carbocycles. The lowest BCUT2D eigenvalue weighted by Gasteiger charge is -2.48. The Balaban J connectivity index is 1.23. The second-order valence-electron chi connectivity index (χ2n) is 8.64. The molecule has 7 heteroatoms. The summed E-state index contributed by atoms with van der Waals surface area (Å²) < 4.78 is 11.0. The minimum atomic E-state index is 0.219. The molecule has 1 N–H and O–H groups in total. The van der Waals surface area contributed by atoms with Crippen molar-refractivity contribution in [3.63, 3.8) is 0 Å². The minimum Gasteiger partial charge on any atom is -0.454 e. The number of hydrogen-bond donors (Lipinski definition) is 1. The van der Waals surface area contributed by atoms with E-state index in [2.05, 4.69) is 31.9 Å². The number of ether oxygens (including phenoxy) is 2. The molecule has 1 aromatic heterocycles. The summed E-state index contributed by atoms with van der Waals surface area (Å²) in [6, 6.07) is 6.24. The monoisotopic (exact) mass is 396 g/mol. The van der Waals surface area contributed by atoms with Crippen LogP contribution in [0.5, 0.6) is 11.5 Å². The average molecular weight is 396 g/mol. The number of amides is 1. The molecule has 0 radical (unpaired) electrons. The summed E-state index contributed by atoms with van der Waals surface area (Å²) in [7, 11) is 0. The van der Waals surface area contributed by atoms with E-state index in [4.69, 9.17) is 9.47 Å². The van der Waals surface area contributed by atoms with Crippen LogP contribution < -0.4 is 9.47 Å². The van der Waals surface area contributed by atoms with Crippen LogP contribution in [0.15, 0.2) is 30.7 Å². The lowest BCUT2D eigenvalue weighted by atomic mass is 9.73. The first kappa shape index (κ1) is 18.5. The van der Waals surface area contributed by atoms with Gasteiger partial charge in [-0.05, 0) is 43.5 Å². The van der Waals surface area contributed by atoms with Crippen molar-refractivity contribution in [3.8, 4) is 11.5 Å². The minimum absolute atomic E-state index is 0.219. The molecule has 5 rings (SSSR count). The molecule has 1 spiro atoms. The highest BCUT2D eigenvalue weighted by Gasteiger charge is 2.41. The van der Waals surface area contributed by atoms with E-state index in [0.29, 0.717) is 19.1 Å². The molecule has 2 saturated heterocycles. The quantitative estimate of drug-likeness (QED) is 0.841. The van der Waals surface area contributed by atoms with Crippen LogP contribution in [-0.4, -0.2) is 58.6 Å². The van der Waals surface area contributed by atoms with E-state index in [0.717, 1.165) is 62.8 Å². The van der Waals surface area contributed by atoms with Crippen LogP contribution in [0.25, 0.3) is 0 Å². The van der Waals surface area contributed by atoms with Gasteiger partial charge in [0.1, 0.15) is 0 Å². The van der Waals surface area contributed by atoms with Gasteiger partial charge in [0.05, 0.1) is 6.33 Å². The van der Waals surface area contributed by atoms with Gasteiger partial charge in [0.25, 0.3) is 0 Å². The number of carbonyl (C=O) groups excluding carboxylic acids is 1. The number of fused-ring (bicyclic) bond motifs is 1. The number of nitrogens with zero attached hydrogens (tertiary/aromatic N) is 3. The van der Waals surface area contributed by atoms with Crippen molar-refractivity contribution in [1.29, 1.82) is 0 Å². The molecule has 3 aliphatic heterocycles. The average Bonchev–Trinajstić information content (AvgIpc) is 3.40. The third kappa shape index (κ3) is 3.96. The summed E-state index contributed by atoms with van der Waals surface area (Å²) in [6.07, 6.45) is 8.45. The number of aromatic nitrogens is 2. The van der Waals surface area contributed by atoms with Crippen LogP contribution in [0.3, 0.4) is 0 Å². The molecule has 29 heavy (non-hydrogen) atoms. The fourth-order valence-corrected chi connectivity index (χ4v) is 5.06. The third-order valence-corrected chi connectivity index (χ3v) is 6.54. The van der Waals surface area contributed by atoms with Crippen LogP contribution in [0.4, 0.5) is 0 Å². The number of benzene rings is 1. The Morgan fingerprint density at radius 1 is 1.17 bits per heavy atom. The van der Waals surface area contributed by atoms with Gasteiger partial charge in [-0.25, -0.2) is 4.98 Å². The largest absolute Gasteiger partial charge is 0.454 e. The number of hydrogen-bond acceptors (Lipinski definition) is 5. The predicted octanol–water partition coefficient (Wildman–Crippen LogP) is 2.59. The summed E-state index contributed by atoms with van der Waals surface area (Å²) in [4.78, 5) is 24.4. The number of nitrogens with one attached hydrogen (secondary N) is 1. The highest BCUT2D eigenvalue weighted by atomic mass is 16.7. The molecular formula is C22H28N4O3. The molecular weight excluding hydrogens is 368 g/mol. The first-order valence-corrected chi connectivity index (χ1v) is 10.6. The van der Waals surface area contributed by atoms with Crippen LogP contribution in [-0.2, 0) is 17.8 Å². The molecule has 0 bridgehead atoms. The number of H-pyrrole nitrogens is 1. The molecule has 4 heterocycles. The molecule has 1 aromatic carbocycles. The smallest absolute Gasteiger partial charge is 0.231 e. The lowest BCUT2D eigenvalue weighted by molar-refractivity contribution is -0.139. The Morgan fingerprint density at radius 3 is 3.00 bits per heavy atom. The number of imidazole rings is 1. The maximum absolute atomic E-state index is 12.5. The van der Waals surface area contributed by atoms with E-state index in [1.165, 1.54) is 18.4 Å². The third-order valence-electron chi connectivity index (χ3n) is 6.54. The second kappa shape index (κ2) is 7.71. The predicted molar refractivity (Wildman–Crippen MR) is 108 cm³/mol. The van der Waals surface area contributed by atoms with Crippen molar-refractivity contribution in [2.75, 3.05) is 33.0 Å². The zero-order valence-electron chi connectivity index (χ0n) is 16.7. The fourth-order valence-electron chi connectivity index (χ4n) is 5.06. The van der Waals surface area contributed by atoms with E-state index >= 15 is 0 Å². The second-order valence-corrected chi connectivity index (χ2v) is 8.64. The Bertz CT molecular complexity index is 869. The van der Waals surface area contributed by atoms with Gasteiger partial charge in [-0.2, -0.15) is 0 Å². The molecule has 154 valence electrons. The van der Waals surface area contributed by atoms with Crippen LogP contribution in [0, 0.1) is 5.41 Å². The lowest BCUT2D eigenvalue weighted by Crippen LogP contribution is -2.54. The van der Waals surface area contributed by atoms with Crippen molar-refractivity contribution in [2.45, 2.75) is 38.6 Å². The van der Waals surface area contributed by atoms with E-state index in [1.807, 2.05) is 12.3 Å². The number of piperidine rings is 2. The Labute approximate surface area is 171 Å². The normalized spacial score (nSPS) is 24.4. The van der Waals surface area contributed by atoms with Gasteiger partial charge in [0.2, 0.25) is 12.7 Å². The van der Waals surface area contributed by atoms with Crippen molar-refractivity contribution in [3.05, 3.63) is 42.0 Å². The molecule has 1 unspecified atom stereocenters. The maximum atomic E-state index is 12.5. The summed E-state index contributed by atoms with van der Waals surface area (Å²) >= 11 is 0. The van der Waals surface area contributed by atoms with Gasteiger partial charge >= 0.3 is 0 Å². The van der Waals surface area contributed by atoms with E-state index < -0.39 is 0 Å². The summed E-state index contributed by atoms with van der Waals surface area (Å²) in [6.45, 7) is 5.03. The Hall–Kier alpha value is -2.54. The maximum Gasteiger partial charge on any atom is 0.231 e. The fraction of sp³-hybridized carbons (Fsp3) is 0.545. The van der Waals surface area contributed by atoms with Gasteiger partial charge in [0, 0.05) is 56.3 Å². The first-order valence-electron chi connectivity index (χ1n) is 10.6. The van der Waals surface area contributed by atoms with Gasteiger partial charge in [0.15, 0.2) is 11.5 Å². The molecule has 1 atom stereocenters. The van der Waals surface area contributed by atoms with Gasteiger partial charge in [-0.3, -0.25) is 9.69 Å². The first-order chi connectivity index (χ1) is 14.2. The number of rotatable bonds is 5. The highest BCUT2D eigenvalue weighted by molar-refractivity contribution is 5.77. The molecule has 2 fully saturated rings. The molecule has 0 aliphatic carbocycles. The Morgan fingerprint density at radius 2 is 2.10 bits per heavy atom. The zero-order valence-corrected chi connectivity index (χ0v) is 16.7. The Kier molecular flexibility index (Phi) is 4.91. The number of carbonyl (C=O) groups is 1. The highest BCUT2D eigenvalue weighted by Crippen LogP contribution is 2.40. The number of aromatic amines is 1. The van der Waals surface area contributed by atoms with Gasteiger partial charge in [-0.1, -0.05) is 6.07 Å². The summed E-state index contributed by atoms with van der Waals surface area (Å²) in [5, 5.41) is 0. The topological polar surface area (TPSA) is 70.7 Å². The van der Waals surface area contributed by atoms with Gasteiger partial charge < -0.3 is 19.4 Å². The summed E-state index contributed by atoms with van der Waals surface area (Å²) in [5.74, 6) is 1.98. The van der Waals surface area contributed by atoms with Crippen molar-refractivity contribution in [1.82, 2.24) is 19.8 Å². The van der Waals surface area contributed by atoms with E-state index in [9.17, 15) is 4.79 Å². The molecule has 2 aromatic rings. The van der Waals surface area contributed by atoms with Crippen molar-refractivity contribution in [2.24, 2.45) is 5.41 Å². The number of likely N-dealkylation sites (tertiary alicyclic amines) is 2. The van der Waals surface area contributed by atoms with Crippen molar-refractivity contribution >= 4 is 5.91 Å². The van der Waals surface area contributed by atoms with E-state index in [-0.39, 0.29) is 5.41 Å². The van der Waals surface area contributed by atoms with Crippen molar-refractivity contribution < 1.29 is 14.3 Å². The van der Waals surface area contributed by atoms with Gasteiger partial charge in [-0.15, -0.1) is 0 Å². The van der Waals surface area contributed by atoms with Crippen LogP contribution in [0.1, 0.15) is 36.9 Å². The molecule has 7 nitrogen and oxygen atoms in total. The SMILES string of the molecule is O=C1CCC2(CCCN(Cc3ccc4c(c3)OCO4)C2)CN1CCc1cnc[nH]1. The van der Waals surface area contributed by atoms with Crippen LogP contribution in [0.2, 0.25) is 0 Å². The molecule has 3 aliphatic rings. The zero-order chi connectivity index (χ0) is 19.7. The molecule has 1 amide bonds. The van der Waals surface area contributed by atoms with Crippen LogP contribution >= 0.6 is 0 Å². The summed E-state index contributed by atoms with van der Waals surface area (Å²) in [5.41, 5.74) is 2.57. The van der Waals surface area contributed by atoms with E-state index in [1.54, 1.807) is 6.33 Å². The standard InChI is InChI=1S/C22H28N4O3/c27-21-4-7-22(14-26(21)9-5-18-11-23-15-24-18)6-1-8-25(13-22)12-17-2-3-19-20(10-17)29-16-28-19/h2-3,10-11,15H,1,4-9,12-14,16H2,(H,23,24).